The van der Waals surface area contributed by atoms with E-state index in [1.54, 1.807) is 4.88 Å². The van der Waals surface area contributed by atoms with Crippen molar-refractivity contribution in [1.29, 1.82) is 0 Å². The molecule has 0 amide bonds. The van der Waals surface area contributed by atoms with Crippen molar-refractivity contribution in [2.45, 2.75) is 44.1 Å². The smallest absolute Gasteiger partial charge is 0.0240 e. The van der Waals surface area contributed by atoms with E-state index in [2.05, 4.69) is 29.8 Å². The SMILES string of the molecule is CCC1NCCC1(c1cccs1)C1CC1. The summed E-state index contributed by atoms with van der Waals surface area (Å²) in [4.78, 5) is 1.64. The molecule has 2 heteroatoms. The molecule has 2 heterocycles. The van der Waals surface area contributed by atoms with E-state index in [4.69, 9.17) is 0 Å². The van der Waals surface area contributed by atoms with Gasteiger partial charge in [-0.3, -0.25) is 0 Å². The molecule has 1 aromatic heterocycles. The Labute approximate surface area is 95.9 Å². The van der Waals surface area contributed by atoms with E-state index < -0.39 is 0 Å². The molecule has 0 radical (unpaired) electrons. The molecule has 15 heavy (non-hydrogen) atoms. The number of hydrogen-bond donors (Lipinski definition) is 1. The number of thiophene rings is 1. The summed E-state index contributed by atoms with van der Waals surface area (Å²) in [6, 6.07) is 5.30. The molecule has 2 fully saturated rings. The Bertz CT molecular complexity index is 328. The first-order valence-corrected chi connectivity index (χ1v) is 7.03. The van der Waals surface area contributed by atoms with Crippen molar-refractivity contribution in [2.24, 2.45) is 5.92 Å². The maximum Gasteiger partial charge on any atom is 0.0240 e. The fourth-order valence-electron chi connectivity index (χ4n) is 3.44. The number of hydrogen-bond acceptors (Lipinski definition) is 2. The zero-order chi connectivity index (χ0) is 10.3. The Balaban J connectivity index is 2.01. The normalized spacial score (nSPS) is 35.9. The average molecular weight is 221 g/mol. The van der Waals surface area contributed by atoms with Gasteiger partial charge in [-0.05, 0) is 49.6 Å². The van der Waals surface area contributed by atoms with Crippen molar-refractivity contribution in [3.63, 3.8) is 0 Å². The second kappa shape index (κ2) is 3.60. The quantitative estimate of drug-likeness (QED) is 0.826. The van der Waals surface area contributed by atoms with E-state index in [-0.39, 0.29) is 0 Å². The summed E-state index contributed by atoms with van der Waals surface area (Å²) < 4.78 is 0. The zero-order valence-electron chi connectivity index (χ0n) is 9.33. The van der Waals surface area contributed by atoms with Gasteiger partial charge in [0.2, 0.25) is 0 Å². The third-order valence-electron chi connectivity index (χ3n) is 4.25. The summed E-state index contributed by atoms with van der Waals surface area (Å²) in [5.74, 6) is 0.969. The highest BCUT2D eigenvalue weighted by molar-refractivity contribution is 7.10. The minimum atomic E-state index is 0.503. The van der Waals surface area contributed by atoms with Crippen molar-refractivity contribution in [1.82, 2.24) is 5.32 Å². The minimum Gasteiger partial charge on any atom is -0.313 e. The van der Waals surface area contributed by atoms with E-state index in [9.17, 15) is 0 Å². The zero-order valence-corrected chi connectivity index (χ0v) is 10.1. The van der Waals surface area contributed by atoms with Crippen LogP contribution in [0.2, 0.25) is 0 Å². The molecule has 1 aliphatic carbocycles. The van der Waals surface area contributed by atoms with E-state index in [0.717, 1.165) is 12.0 Å². The van der Waals surface area contributed by atoms with E-state index in [1.165, 1.54) is 32.2 Å². The Kier molecular flexibility index (Phi) is 2.37. The fraction of sp³-hybridized carbons (Fsp3) is 0.692. The topological polar surface area (TPSA) is 12.0 Å². The predicted molar refractivity (Wildman–Crippen MR) is 65.4 cm³/mol. The molecule has 2 atom stereocenters. The predicted octanol–water partition coefficient (Wildman–Crippen LogP) is 3.17. The molecule has 1 nitrogen and oxygen atoms in total. The van der Waals surface area contributed by atoms with Crippen LogP contribution in [-0.2, 0) is 5.41 Å². The molecule has 2 unspecified atom stereocenters. The van der Waals surface area contributed by atoms with Crippen LogP contribution < -0.4 is 5.32 Å². The molecular formula is C13H19NS. The first kappa shape index (κ1) is 9.86. The van der Waals surface area contributed by atoms with Gasteiger partial charge >= 0.3 is 0 Å². The van der Waals surface area contributed by atoms with Gasteiger partial charge in [0, 0.05) is 16.3 Å². The first-order chi connectivity index (χ1) is 7.38. The van der Waals surface area contributed by atoms with Gasteiger partial charge in [0.25, 0.3) is 0 Å². The second-order valence-corrected chi connectivity index (χ2v) is 5.90. The molecular weight excluding hydrogens is 202 g/mol. The van der Waals surface area contributed by atoms with Gasteiger partial charge in [-0.15, -0.1) is 11.3 Å². The Morgan fingerprint density at radius 2 is 2.40 bits per heavy atom. The maximum absolute atomic E-state index is 3.71. The summed E-state index contributed by atoms with van der Waals surface area (Å²) in [5, 5.41) is 5.95. The lowest BCUT2D eigenvalue weighted by molar-refractivity contribution is 0.320. The fourth-order valence-corrected chi connectivity index (χ4v) is 4.54. The van der Waals surface area contributed by atoms with Crippen LogP contribution in [0.25, 0.3) is 0 Å². The van der Waals surface area contributed by atoms with Gasteiger partial charge in [0.1, 0.15) is 0 Å². The molecule has 0 aromatic carbocycles. The number of nitrogens with one attached hydrogen (secondary N) is 1. The van der Waals surface area contributed by atoms with Gasteiger partial charge in [-0.2, -0.15) is 0 Å². The summed E-state index contributed by atoms with van der Waals surface area (Å²) >= 11 is 1.97. The van der Waals surface area contributed by atoms with Gasteiger partial charge in [0.15, 0.2) is 0 Å². The lowest BCUT2D eigenvalue weighted by atomic mass is 9.73. The molecule has 82 valence electrons. The molecule has 1 aliphatic heterocycles. The van der Waals surface area contributed by atoms with Crippen LogP contribution in [-0.4, -0.2) is 12.6 Å². The minimum absolute atomic E-state index is 0.503. The van der Waals surface area contributed by atoms with Crippen LogP contribution in [0.1, 0.15) is 37.5 Å². The van der Waals surface area contributed by atoms with E-state index in [1.807, 2.05) is 11.3 Å². The third kappa shape index (κ3) is 1.38. The Hall–Kier alpha value is -0.340. The molecule has 1 N–H and O–H groups in total. The van der Waals surface area contributed by atoms with Gasteiger partial charge in [-0.1, -0.05) is 13.0 Å². The second-order valence-electron chi connectivity index (χ2n) is 4.96. The Morgan fingerprint density at radius 1 is 1.53 bits per heavy atom. The average Bonchev–Trinajstić information content (AvgIpc) is 2.84. The standard InChI is InChI=1S/C13H19NS/c1-2-11-13(7-8-14-11,10-5-6-10)12-4-3-9-15-12/h3-4,9-11,14H,2,5-8H2,1H3. The molecule has 2 aliphatic rings. The third-order valence-corrected chi connectivity index (χ3v) is 5.31. The highest BCUT2D eigenvalue weighted by Gasteiger charge is 2.53. The molecule has 1 aromatic rings. The number of rotatable bonds is 3. The van der Waals surface area contributed by atoms with Crippen LogP contribution in [0, 0.1) is 5.92 Å². The van der Waals surface area contributed by atoms with Gasteiger partial charge in [0.05, 0.1) is 0 Å². The van der Waals surface area contributed by atoms with Crippen molar-refractivity contribution < 1.29 is 0 Å². The van der Waals surface area contributed by atoms with Gasteiger partial charge < -0.3 is 5.32 Å². The molecule has 3 rings (SSSR count). The van der Waals surface area contributed by atoms with Gasteiger partial charge in [-0.25, -0.2) is 0 Å². The van der Waals surface area contributed by atoms with Crippen LogP contribution in [0.4, 0.5) is 0 Å². The van der Waals surface area contributed by atoms with Crippen LogP contribution in [0.5, 0.6) is 0 Å². The van der Waals surface area contributed by atoms with Crippen molar-refractivity contribution in [3.8, 4) is 0 Å². The lowest BCUT2D eigenvalue weighted by Crippen LogP contribution is -2.41. The molecule has 1 saturated heterocycles. The highest BCUT2D eigenvalue weighted by atomic mass is 32.1. The van der Waals surface area contributed by atoms with Crippen LogP contribution in [0.15, 0.2) is 17.5 Å². The van der Waals surface area contributed by atoms with Crippen molar-refractivity contribution in [3.05, 3.63) is 22.4 Å². The molecule has 1 saturated carbocycles. The van der Waals surface area contributed by atoms with E-state index in [0.29, 0.717) is 5.41 Å². The van der Waals surface area contributed by atoms with Crippen molar-refractivity contribution >= 4 is 11.3 Å². The Morgan fingerprint density at radius 3 is 3.00 bits per heavy atom. The largest absolute Gasteiger partial charge is 0.313 e. The van der Waals surface area contributed by atoms with Crippen LogP contribution in [0.3, 0.4) is 0 Å². The summed E-state index contributed by atoms with van der Waals surface area (Å²) in [6.45, 7) is 3.54. The maximum atomic E-state index is 3.71. The highest BCUT2D eigenvalue weighted by Crippen LogP contribution is 2.54. The van der Waals surface area contributed by atoms with Crippen molar-refractivity contribution in [2.75, 3.05) is 6.54 Å². The molecule has 0 spiro atoms. The molecule has 0 bridgehead atoms. The summed E-state index contributed by atoms with van der Waals surface area (Å²) in [7, 11) is 0. The van der Waals surface area contributed by atoms with Crippen LogP contribution >= 0.6 is 11.3 Å². The monoisotopic (exact) mass is 221 g/mol. The van der Waals surface area contributed by atoms with E-state index >= 15 is 0 Å². The summed E-state index contributed by atoms with van der Waals surface area (Å²) in [5.41, 5.74) is 0.503. The first-order valence-electron chi connectivity index (χ1n) is 6.15. The summed E-state index contributed by atoms with van der Waals surface area (Å²) in [6.07, 6.45) is 5.54. The lowest BCUT2D eigenvalue weighted by Gasteiger charge is -2.34.